The third-order valence-electron chi connectivity index (χ3n) is 26.4. The van der Waals surface area contributed by atoms with E-state index in [1.54, 1.807) is 48.8 Å². The average Bonchev–Trinajstić information content (AvgIpc) is 1.75. The number of amides is 4. The summed E-state index contributed by atoms with van der Waals surface area (Å²) in [5.74, 6) is 1.42. The number of likely N-dealkylation sites (tertiary alicyclic amines) is 1. The number of nitrogens with zero attached hydrogens (tertiary/aromatic N) is 4. The molecule has 0 radical (unpaired) electrons. The van der Waals surface area contributed by atoms with E-state index in [0.717, 1.165) is 128 Å². The molecule has 4 amide bonds. The molecular weight excluding hydrogens is 1840 g/mol. The van der Waals surface area contributed by atoms with Crippen molar-refractivity contribution >= 4 is 100 Å². The molecule has 5 saturated carbocycles. The van der Waals surface area contributed by atoms with Gasteiger partial charge in [-0.15, -0.1) is 0 Å². The van der Waals surface area contributed by atoms with Crippen molar-refractivity contribution in [3.05, 3.63) is 285 Å². The first-order valence-electron chi connectivity index (χ1n) is 48.7. The third-order valence-corrected chi connectivity index (χ3v) is 26.9. The van der Waals surface area contributed by atoms with Gasteiger partial charge in [-0.1, -0.05) is 244 Å². The number of piperidine rings is 2. The number of aryl methyl sites for hydroxylation is 2. The summed E-state index contributed by atoms with van der Waals surface area (Å²) in [6, 6.07) is 58.5. The van der Waals surface area contributed by atoms with Gasteiger partial charge in [0.25, 0.3) is 17.1 Å². The quantitative estimate of drug-likeness (QED) is 0.0170. The van der Waals surface area contributed by atoms with Crippen LogP contribution in [0.4, 0.5) is 22.7 Å². The van der Waals surface area contributed by atoms with Crippen LogP contribution in [0.2, 0.25) is 5.15 Å². The van der Waals surface area contributed by atoms with Crippen molar-refractivity contribution in [3.63, 3.8) is 0 Å². The zero-order chi connectivity index (χ0) is 98.4. The number of halogens is 3. The predicted octanol–water partition coefficient (Wildman–Crippen LogP) is 27.7. The molecule has 5 aliphatic carbocycles. The van der Waals surface area contributed by atoms with E-state index in [1.807, 2.05) is 122 Å². The molecule has 3 aromatic heterocycles. The van der Waals surface area contributed by atoms with Gasteiger partial charge in [-0.2, -0.15) is 12.8 Å². The molecule has 6 N–H and O–H groups in total. The second-order valence-corrected chi connectivity index (χ2v) is 41.2. The number of methoxy groups -OCH3 is 2. The van der Waals surface area contributed by atoms with Crippen molar-refractivity contribution in [1.82, 2.24) is 25.2 Å². The molecular formula is C113H148BrCl2N9O9Zn. The van der Waals surface area contributed by atoms with Gasteiger partial charge in [-0.25, -0.2) is 14.6 Å². The van der Waals surface area contributed by atoms with Crippen LogP contribution in [-0.2, 0) is 57.1 Å². The van der Waals surface area contributed by atoms with Gasteiger partial charge in [0, 0.05) is 82.9 Å². The summed E-state index contributed by atoms with van der Waals surface area (Å²) in [5.41, 5.74) is 21.2. The summed E-state index contributed by atoms with van der Waals surface area (Å²) >= 11 is 15.1. The SMILES string of the molecule is CC(C)(C)c1cccc(N)c1.CC(C)(C)c1cccc(NC(=O)C2CCCN[C@H]2C2CCCC2)c1.CC(C)(C)c1cccc(NC(=O)c2cccnc2C2CCCC2)c1.COC(=O)c1cccnc1C1CCCC1.COC(=O)c1cccnc1Cl.Cc1ccccc1C(=O)Cl.Cc1ccccc1C(=O)N1CCCC(C(=O)Nc2cccc(C(C)(C)C)c2)[C@@H]1C1CCCC1.[CH-]1CCCC1.[Zn+][Br]. The van der Waals surface area contributed by atoms with Gasteiger partial charge in [0.1, 0.15) is 5.15 Å². The molecule has 5 heterocycles. The zero-order valence-corrected chi connectivity index (χ0v) is 89.1. The minimum absolute atomic E-state index is 0.0225. The number of hydrogen-bond donors (Lipinski definition) is 5. The van der Waals surface area contributed by atoms with Gasteiger partial charge in [0.2, 0.25) is 11.8 Å². The molecule has 722 valence electrons. The Kier molecular flexibility index (Phi) is 45.5. The number of anilines is 4. The Bertz CT molecular complexity index is 5240. The first kappa shape index (κ1) is 111. The molecule has 22 heteroatoms. The van der Waals surface area contributed by atoms with E-state index in [-0.39, 0.29) is 79.9 Å². The monoisotopic (exact) mass is 1990 g/mol. The number of rotatable bonds is 14. The summed E-state index contributed by atoms with van der Waals surface area (Å²) < 4.78 is 9.21. The Morgan fingerprint density at radius 2 is 0.830 bits per heavy atom. The summed E-state index contributed by atoms with van der Waals surface area (Å²) in [6.45, 7) is 31.9. The Labute approximate surface area is 832 Å². The molecule has 2 unspecified atom stereocenters. The van der Waals surface area contributed by atoms with E-state index in [1.165, 1.54) is 149 Å². The van der Waals surface area contributed by atoms with E-state index < -0.39 is 11.2 Å². The van der Waals surface area contributed by atoms with Crippen molar-refractivity contribution in [1.29, 1.82) is 0 Å². The molecule has 0 spiro atoms. The molecule has 7 aliphatic rings. The van der Waals surface area contributed by atoms with Gasteiger partial charge in [-0.05, 0) is 273 Å². The molecule has 7 fully saturated rings. The summed E-state index contributed by atoms with van der Waals surface area (Å²) in [5, 5.41) is 12.9. The van der Waals surface area contributed by atoms with Crippen molar-refractivity contribution in [3.8, 4) is 0 Å². The number of carbonyl (C=O) groups is 7. The van der Waals surface area contributed by atoms with Crippen LogP contribution in [0.15, 0.2) is 201 Å². The number of nitrogens with one attached hydrogen (secondary N) is 4. The van der Waals surface area contributed by atoms with Crippen LogP contribution in [0.25, 0.3) is 0 Å². The number of nitrogen functional groups attached to an aromatic ring is 1. The Balaban J connectivity index is 0.000000199. The molecule has 6 aromatic carbocycles. The second kappa shape index (κ2) is 55.3. The summed E-state index contributed by atoms with van der Waals surface area (Å²) in [6.07, 6.45) is 36.1. The van der Waals surface area contributed by atoms with Crippen molar-refractivity contribution in [2.45, 2.75) is 297 Å². The van der Waals surface area contributed by atoms with Gasteiger partial charge in [-0.3, -0.25) is 33.9 Å². The van der Waals surface area contributed by atoms with Crippen LogP contribution in [0, 0.1) is 43.9 Å². The molecule has 4 atom stereocenters. The number of esters is 2. The maximum absolute atomic E-state index is 13.7. The molecule has 16 rings (SSSR count). The van der Waals surface area contributed by atoms with E-state index in [2.05, 4.69) is 187 Å². The number of pyridine rings is 3. The Morgan fingerprint density at radius 1 is 0.437 bits per heavy atom. The van der Waals surface area contributed by atoms with E-state index in [4.69, 9.17) is 33.7 Å². The number of nitrogens with two attached hydrogens (primary N) is 1. The van der Waals surface area contributed by atoms with Crippen LogP contribution in [0.3, 0.4) is 0 Å². The van der Waals surface area contributed by atoms with Gasteiger partial charge in [0.05, 0.1) is 54.1 Å². The predicted molar refractivity (Wildman–Crippen MR) is 553 cm³/mol. The second-order valence-electron chi connectivity index (χ2n) is 40.5. The topological polar surface area (TPSA) is 254 Å². The number of ether oxygens (including phenoxy) is 2. The van der Waals surface area contributed by atoms with Gasteiger partial charge < -0.3 is 47.8 Å². The Morgan fingerprint density at radius 3 is 1.26 bits per heavy atom. The van der Waals surface area contributed by atoms with Gasteiger partial charge >= 0.3 is 41.9 Å². The summed E-state index contributed by atoms with van der Waals surface area (Å²) in [7, 11) is 2.71. The van der Waals surface area contributed by atoms with Crippen LogP contribution < -0.4 is 27.0 Å². The summed E-state index contributed by atoms with van der Waals surface area (Å²) in [4.78, 5) is 101. The molecule has 135 heavy (non-hydrogen) atoms. The maximum atomic E-state index is 13.7. The van der Waals surface area contributed by atoms with E-state index in [9.17, 15) is 33.6 Å². The van der Waals surface area contributed by atoms with Crippen LogP contribution in [0.1, 0.15) is 346 Å². The van der Waals surface area contributed by atoms with Crippen LogP contribution in [-0.4, -0.2) is 100 Å². The standard InChI is InChI=1S/C29H38N2O2.C21H32N2O.C21H26N2O.C12H15NO2.C10H15N.C8H7ClO.C7H6ClNO2.C5H9.BrH.Zn/c1-20-11-5-8-16-24(20)28(33)31-18-10-17-25(26(31)21-12-6-7-13-21)27(32)30-23-15-9-14-22(19-23)29(2,3)4;2*1-21(2,3)16-10-6-11-17(14-16)23-20(24)18-12-7-13-22-19(18)15-8-4-5-9-15;1-15-12(14)10-7-4-8-13-11(10)9-5-2-3-6-9;1-10(2,3)8-5-4-6-9(11)7-8;1-6-4-2-3-5-7(6)8(9)10;1-11-7(10)5-3-2-4-9-6(5)8;1-2-4-5-3-1;;/h5,8-9,11,14-16,19,21,25-26H,6-7,10,12-13,17-18H2,1-4H3,(H,30,32);6,10-11,14-15,18-19,22H,4-5,7-9,12-13H2,1-3H3,(H,23,24);6-7,10-15H,4-5,8-9H2,1-3H3,(H,23,24);4,7-9H,2-3,5-6H2,1H3;4-7H,11H2,1-3H3;2-5H,1H3;2-4H,1H3;1H,2-5H2;1H;/q;;;;;;;-1;;+2/p-1/t25?,26-;18?,19-;;;;;;;;/m00......../s1. The van der Waals surface area contributed by atoms with Gasteiger partial charge in [0.15, 0.2) is 0 Å². The first-order chi connectivity index (χ1) is 64.4. The fourth-order valence-electron chi connectivity index (χ4n) is 18.8. The third kappa shape index (κ3) is 35.0. The van der Waals surface area contributed by atoms with Crippen molar-refractivity contribution < 1.29 is 59.4 Å². The normalized spacial score (nSPS) is 17.8. The fourth-order valence-corrected chi connectivity index (χ4v) is 19.2. The number of hydrogen-bond acceptors (Lipinski definition) is 14. The molecule has 9 aromatic rings. The number of aromatic nitrogens is 3. The molecule has 0 bridgehead atoms. The zero-order valence-electron chi connectivity index (χ0n) is 83.0. The van der Waals surface area contributed by atoms with Crippen molar-refractivity contribution in [2.24, 2.45) is 23.7 Å². The average molecular weight is 1990 g/mol. The number of carbonyl (C=O) groups excluding carboxylic acids is 7. The molecule has 2 saturated heterocycles. The fraction of sp³-hybridized carbons (Fsp3) is 0.478. The molecule has 2 aliphatic heterocycles. The minimum atomic E-state index is -0.469. The van der Waals surface area contributed by atoms with E-state index in [0.29, 0.717) is 46.4 Å². The molecule has 18 nitrogen and oxygen atoms in total. The van der Waals surface area contributed by atoms with Crippen LogP contribution >= 0.6 is 36.8 Å². The first-order valence-corrected chi connectivity index (χ1v) is 56.4. The van der Waals surface area contributed by atoms with E-state index >= 15 is 0 Å². The van der Waals surface area contributed by atoms with Crippen molar-refractivity contribution in [2.75, 3.05) is 49.0 Å². The number of benzene rings is 6. The van der Waals surface area contributed by atoms with Crippen LogP contribution in [0.5, 0.6) is 0 Å². The Hall–Kier alpha value is -9.30.